The van der Waals surface area contributed by atoms with Gasteiger partial charge in [0.1, 0.15) is 0 Å². The van der Waals surface area contributed by atoms with E-state index < -0.39 is 0 Å². The predicted octanol–water partition coefficient (Wildman–Crippen LogP) is 11.6. The molecule has 0 aliphatic heterocycles. The molecular weight excluding hydrogens is 532 g/mol. The van der Waals surface area contributed by atoms with Gasteiger partial charge in [-0.2, -0.15) is 0 Å². The van der Waals surface area contributed by atoms with E-state index in [1.54, 1.807) is 0 Å². The third-order valence-corrected chi connectivity index (χ3v) is 9.00. The van der Waals surface area contributed by atoms with Gasteiger partial charge in [-0.25, -0.2) is 0 Å². The summed E-state index contributed by atoms with van der Waals surface area (Å²) in [4.78, 5) is 7.66. The highest BCUT2D eigenvalue weighted by Gasteiger charge is 2.22. The molecule has 7 aromatic carbocycles. The van der Waals surface area contributed by atoms with E-state index in [9.17, 15) is 0 Å². The number of aromatic amines is 2. The van der Waals surface area contributed by atoms with E-state index >= 15 is 0 Å². The van der Waals surface area contributed by atoms with Crippen LogP contribution in [0.1, 0.15) is 0 Å². The average molecular weight is 561 g/mol. The first-order valence-electron chi connectivity index (χ1n) is 15.1. The Hall–Kier alpha value is -5.86. The number of nitrogens with one attached hydrogen (secondary N) is 2. The van der Waals surface area contributed by atoms with Crippen LogP contribution < -0.4 is 0 Å². The van der Waals surface area contributed by atoms with Gasteiger partial charge < -0.3 is 9.97 Å². The van der Waals surface area contributed by atoms with E-state index in [1.807, 2.05) is 0 Å². The molecule has 0 aliphatic rings. The number of rotatable bonds is 4. The van der Waals surface area contributed by atoms with E-state index in [-0.39, 0.29) is 0 Å². The van der Waals surface area contributed by atoms with Gasteiger partial charge in [0.2, 0.25) is 0 Å². The lowest BCUT2D eigenvalue weighted by Crippen LogP contribution is -1.94. The van der Waals surface area contributed by atoms with Crippen LogP contribution in [0.15, 0.2) is 158 Å². The third-order valence-electron chi connectivity index (χ3n) is 9.00. The Labute approximate surface area is 255 Å². The zero-order valence-corrected chi connectivity index (χ0v) is 24.0. The Balaban J connectivity index is 1.44. The van der Waals surface area contributed by atoms with Crippen molar-refractivity contribution >= 4 is 43.6 Å². The van der Waals surface area contributed by atoms with E-state index in [0.717, 1.165) is 22.1 Å². The fourth-order valence-electron chi connectivity index (χ4n) is 7.03. The van der Waals surface area contributed by atoms with Crippen LogP contribution in [-0.4, -0.2) is 9.97 Å². The number of fused-ring (bicyclic) bond motifs is 6. The Morgan fingerprint density at radius 1 is 0.273 bits per heavy atom. The van der Waals surface area contributed by atoms with Crippen LogP contribution in [0.25, 0.3) is 88.1 Å². The predicted molar refractivity (Wildman–Crippen MR) is 187 cm³/mol. The van der Waals surface area contributed by atoms with Crippen LogP contribution in [0.4, 0.5) is 0 Å². The summed E-state index contributed by atoms with van der Waals surface area (Å²) in [5.74, 6) is 0. The zero-order valence-electron chi connectivity index (χ0n) is 24.0. The summed E-state index contributed by atoms with van der Waals surface area (Å²) in [7, 11) is 0. The van der Waals surface area contributed by atoms with Crippen molar-refractivity contribution in [2.45, 2.75) is 0 Å². The standard InChI is InChI=1S/C42H28N2/c1-3-13-27(14-4-1)29-23-25-35-31-17-9-11-21-37(31)43-41(35)39(29)33-19-7-8-20-34(33)40-30(28-15-5-2-6-16-28)24-26-36-32-18-10-12-22-38(32)44-42(36)40/h1-26,43-44H. The molecule has 9 rings (SSSR count). The minimum absolute atomic E-state index is 1.15. The van der Waals surface area contributed by atoms with Crippen LogP contribution in [0.2, 0.25) is 0 Å². The molecule has 2 nitrogen and oxygen atoms in total. The average Bonchev–Trinajstić information content (AvgIpc) is 3.67. The normalized spacial score (nSPS) is 11.6. The second-order valence-electron chi connectivity index (χ2n) is 11.4. The molecular formula is C42H28N2. The van der Waals surface area contributed by atoms with Crippen molar-refractivity contribution in [3.05, 3.63) is 158 Å². The Morgan fingerprint density at radius 2 is 0.659 bits per heavy atom. The molecule has 0 unspecified atom stereocenters. The summed E-state index contributed by atoms with van der Waals surface area (Å²) in [5, 5.41) is 4.95. The van der Waals surface area contributed by atoms with Gasteiger partial charge in [-0.3, -0.25) is 0 Å². The van der Waals surface area contributed by atoms with Crippen molar-refractivity contribution < 1.29 is 0 Å². The molecule has 2 N–H and O–H groups in total. The molecule has 2 aromatic heterocycles. The van der Waals surface area contributed by atoms with Crippen molar-refractivity contribution in [1.29, 1.82) is 0 Å². The van der Waals surface area contributed by atoms with Crippen LogP contribution >= 0.6 is 0 Å². The lowest BCUT2D eigenvalue weighted by molar-refractivity contribution is 1.51. The van der Waals surface area contributed by atoms with Crippen molar-refractivity contribution in [2.24, 2.45) is 0 Å². The summed E-state index contributed by atoms with van der Waals surface area (Å²) in [6, 6.07) is 56.8. The quantitative estimate of drug-likeness (QED) is 0.215. The summed E-state index contributed by atoms with van der Waals surface area (Å²) in [6.07, 6.45) is 0. The maximum Gasteiger partial charge on any atom is 0.0551 e. The summed E-state index contributed by atoms with van der Waals surface area (Å²) >= 11 is 0. The highest BCUT2D eigenvalue weighted by Crippen LogP contribution is 2.48. The summed E-state index contributed by atoms with van der Waals surface area (Å²) < 4.78 is 0. The zero-order chi connectivity index (χ0) is 29.0. The van der Waals surface area contributed by atoms with Gasteiger partial charge in [0.15, 0.2) is 0 Å². The SMILES string of the molecule is c1ccc(-c2ccc3c([nH]c4ccccc43)c2-c2ccccc2-c2c(-c3ccccc3)ccc3c2[nH]c2ccccc23)cc1. The summed E-state index contributed by atoms with van der Waals surface area (Å²) in [5.41, 5.74) is 14.3. The van der Waals surface area contributed by atoms with Crippen molar-refractivity contribution in [1.82, 2.24) is 9.97 Å². The minimum Gasteiger partial charge on any atom is -0.354 e. The largest absolute Gasteiger partial charge is 0.354 e. The molecule has 0 saturated heterocycles. The molecule has 2 heterocycles. The van der Waals surface area contributed by atoms with Crippen LogP contribution in [-0.2, 0) is 0 Å². The van der Waals surface area contributed by atoms with Crippen molar-refractivity contribution in [3.63, 3.8) is 0 Å². The van der Waals surface area contributed by atoms with Gasteiger partial charge in [0, 0.05) is 43.7 Å². The highest BCUT2D eigenvalue weighted by molar-refractivity contribution is 6.19. The van der Waals surface area contributed by atoms with E-state index in [2.05, 4.69) is 168 Å². The fraction of sp³-hybridized carbons (Fsp3) is 0. The molecule has 0 aliphatic carbocycles. The molecule has 0 amide bonds. The van der Waals surface area contributed by atoms with Gasteiger partial charge in [-0.15, -0.1) is 0 Å². The second kappa shape index (κ2) is 9.86. The Bertz CT molecular complexity index is 2300. The van der Waals surface area contributed by atoms with Crippen LogP contribution in [0.3, 0.4) is 0 Å². The molecule has 0 fully saturated rings. The fourth-order valence-corrected chi connectivity index (χ4v) is 7.03. The molecule has 0 bridgehead atoms. The summed E-state index contributed by atoms with van der Waals surface area (Å²) in [6.45, 7) is 0. The molecule has 44 heavy (non-hydrogen) atoms. The topological polar surface area (TPSA) is 31.6 Å². The number of hydrogen-bond acceptors (Lipinski definition) is 0. The highest BCUT2D eigenvalue weighted by atomic mass is 14.7. The van der Waals surface area contributed by atoms with Gasteiger partial charge >= 0.3 is 0 Å². The number of benzene rings is 7. The first kappa shape index (κ1) is 24.7. The van der Waals surface area contributed by atoms with E-state index in [0.29, 0.717) is 0 Å². The maximum absolute atomic E-state index is 3.83. The lowest BCUT2D eigenvalue weighted by atomic mass is 9.85. The molecule has 0 spiro atoms. The third kappa shape index (κ3) is 3.75. The van der Waals surface area contributed by atoms with E-state index in [1.165, 1.54) is 66.1 Å². The lowest BCUT2D eigenvalue weighted by Gasteiger charge is -2.19. The van der Waals surface area contributed by atoms with Crippen LogP contribution in [0.5, 0.6) is 0 Å². The molecule has 9 aromatic rings. The van der Waals surface area contributed by atoms with Crippen molar-refractivity contribution in [2.75, 3.05) is 0 Å². The molecule has 0 saturated carbocycles. The minimum atomic E-state index is 1.15. The molecule has 0 radical (unpaired) electrons. The van der Waals surface area contributed by atoms with Crippen molar-refractivity contribution in [3.8, 4) is 44.5 Å². The number of aromatic nitrogens is 2. The second-order valence-corrected chi connectivity index (χ2v) is 11.4. The van der Waals surface area contributed by atoms with Crippen LogP contribution in [0, 0.1) is 0 Å². The molecule has 0 atom stereocenters. The Morgan fingerprint density at radius 3 is 1.11 bits per heavy atom. The van der Waals surface area contributed by atoms with Gasteiger partial charge in [-0.05, 0) is 45.5 Å². The monoisotopic (exact) mass is 560 g/mol. The number of hydrogen-bond donors (Lipinski definition) is 2. The van der Waals surface area contributed by atoms with Gasteiger partial charge in [0.25, 0.3) is 0 Å². The maximum atomic E-state index is 3.83. The smallest absolute Gasteiger partial charge is 0.0551 e. The first-order chi connectivity index (χ1) is 21.8. The number of H-pyrrole nitrogens is 2. The number of para-hydroxylation sites is 2. The molecule has 206 valence electrons. The van der Waals surface area contributed by atoms with Gasteiger partial charge in [0.05, 0.1) is 11.0 Å². The van der Waals surface area contributed by atoms with E-state index in [4.69, 9.17) is 0 Å². The van der Waals surface area contributed by atoms with Gasteiger partial charge in [-0.1, -0.05) is 146 Å². The molecule has 2 heteroatoms. The first-order valence-corrected chi connectivity index (χ1v) is 15.1. The Kier molecular flexibility index (Phi) is 5.54.